The molecule has 0 radical (unpaired) electrons. The normalized spacial score (nSPS) is 10.8. The van der Waals surface area contributed by atoms with Gasteiger partial charge in [-0.1, -0.05) is 5.16 Å². The Morgan fingerprint density at radius 3 is 2.55 bits per heavy atom. The average Bonchev–Trinajstić information content (AvgIpc) is 2.47. The number of hydrogen-bond acceptors (Lipinski definition) is 3. The Balaban J connectivity index is 1.91. The predicted molar refractivity (Wildman–Crippen MR) is 71.7 cm³/mol. The second-order valence-electron chi connectivity index (χ2n) is 4.02. The Labute approximate surface area is 115 Å². The highest BCUT2D eigenvalue weighted by atomic mass is 19.1. The van der Waals surface area contributed by atoms with Gasteiger partial charge in [0.05, 0.1) is 13.3 Å². The lowest BCUT2D eigenvalue weighted by Gasteiger charge is -2.02. The first-order valence-corrected chi connectivity index (χ1v) is 5.92. The zero-order chi connectivity index (χ0) is 14.4. The Hall–Kier alpha value is -2.43. The van der Waals surface area contributed by atoms with E-state index in [0.717, 1.165) is 29.5 Å². The molecule has 2 rings (SSSR count). The maximum Gasteiger partial charge on any atom is 0.145 e. The van der Waals surface area contributed by atoms with Gasteiger partial charge in [0.15, 0.2) is 0 Å². The van der Waals surface area contributed by atoms with E-state index in [2.05, 4.69) is 5.16 Å². The lowest BCUT2D eigenvalue weighted by molar-refractivity contribution is 0.129. The number of rotatable bonds is 5. The van der Waals surface area contributed by atoms with Crippen molar-refractivity contribution in [2.24, 2.45) is 5.16 Å². The van der Waals surface area contributed by atoms with Crippen molar-refractivity contribution >= 4 is 6.21 Å². The van der Waals surface area contributed by atoms with E-state index in [-0.39, 0.29) is 12.2 Å². The van der Waals surface area contributed by atoms with Crippen molar-refractivity contribution in [2.75, 3.05) is 7.11 Å². The van der Waals surface area contributed by atoms with Gasteiger partial charge in [0.1, 0.15) is 24.0 Å². The van der Waals surface area contributed by atoms with Crippen LogP contribution in [-0.4, -0.2) is 13.3 Å². The standard InChI is InChI=1S/C15H13F2NO2/c1-19-14-5-2-11(3-6-14)9-18-20-10-12-8-13(16)4-7-15(12)17/h2-9H,10H2,1H3. The molecule has 2 aromatic rings. The van der Waals surface area contributed by atoms with Crippen LogP contribution in [-0.2, 0) is 11.4 Å². The van der Waals surface area contributed by atoms with Gasteiger partial charge in [0, 0.05) is 5.56 Å². The molecular weight excluding hydrogens is 264 g/mol. The number of ether oxygens (including phenoxy) is 1. The van der Waals surface area contributed by atoms with Crippen molar-refractivity contribution in [3.8, 4) is 5.75 Å². The molecule has 0 aliphatic carbocycles. The molecule has 0 spiro atoms. The van der Waals surface area contributed by atoms with E-state index in [4.69, 9.17) is 9.57 Å². The third-order valence-corrected chi connectivity index (χ3v) is 2.62. The second kappa shape index (κ2) is 6.65. The van der Waals surface area contributed by atoms with Crippen LogP contribution in [0, 0.1) is 11.6 Å². The van der Waals surface area contributed by atoms with Crippen molar-refractivity contribution in [3.05, 3.63) is 65.2 Å². The summed E-state index contributed by atoms with van der Waals surface area (Å²) < 4.78 is 31.2. The van der Waals surface area contributed by atoms with E-state index < -0.39 is 11.6 Å². The summed E-state index contributed by atoms with van der Waals surface area (Å²) in [6.07, 6.45) is 1.48. The van der Waals surface area contributed by atoms with Gasteiger partial charge < -0.3 is 9.57 Å². The van der Waals surface area contributed by atoms with Crippen LogP contribution in [0.4, 0.5) is 8.78 Å². The fourth-order valence-corrected chi connectivity index (χ4v) is 1.55. The topological polar surface area (TPSA) is 30.8 Å². The molecule has 0 bridgehead atoms. The molecule has 0 saturated heterocycles. The Morgan fingerprint density at radius 2 is 1.85 bits per heavy atom. The van der Waals surface area contributed by atoms with Crippen molar-refractivity contribution < 1.29 is 18.4 Å². The van der Waals surface area contributed by atoms with Gasteiger partial charge in [-0.15, -0.1) is 0 Å². The summed E-state index contributed by atoms with van der Waals surface area (Å²) in [6, 6.07) is 10.4. The smallest absolute Gasteiger partial charge is 0.145 e. The maximum atomic E-state index is 13.3. The summed E-state index contributed by atoms with van der Waals surface area (Å²) in [5.41, 5.74) is 0.933. The number of methoxy groups -OCH3 is 1. The average molecular weight is 277 g/mol. The number of nitrogens with zero attached hydrogens (tertiary/aromatic N) is 1. The van der Waals surface area contributed by atoms with E-state index in [1.54, 1.807) is 31.4 Å². The van der Waals surface area contributed by atoms with Crippen molar-refractivity contribution in [2.45, 2.75) is 6.61 Å². The lowest BCUT2D eigenvalue weighted by atomic mass is 10.2. The third-order valence-electron chi connectivity index (χ3n) is 2.62. The van der Waals surface area contributed by atoms with E-state index in [1.807, 2.05) is 0 Å². The highest BCUT2D eigenvalue weighted by Gasteiger charge is 2.03. The molecule has 2 aromatic carbocycles. The first kappa shape index (κ1) is 14.0. The van der Waals surface area contributed by atoms with Crippen LogP contribution >= 0.6 is 0 Å². The third kappa shape index (κ3) is 3.78. The predicted octanol–water partition coefficient (Wildman–Crippen LogP) is 3.52. The molecule has 3 nitrogen and oxygen atoms in total. The molecule has 0 fully saturated rings. The molecule has 104 valence electrons. The van der Waals surface area contributed by atoms with E-state index >= 15 is 0 Å². The quantitative estimate of drug-likeness (QED) is 0.618. The number of oxime groups is 1. The summed E-state index contributed by atoms with van der Waals surface area (Å²) in [5.74, 6) is -0.292. The Morgan fingerprint density at radius 1 is 1.10 bits per heavy atom. The second-order valence-corrected chi connectivity index (χ2v) is 4.02. The van der Waals surface area contributed by atoms with Crippen LogP contribution in [0.3, 0.4) is 0 Å². The largest absolute Gasteiger partial charge is 0.497 e. The Bertz CT molecular complexity index is 597. The molecule has 5 heteroatoms. The molecule has 0 aliphatic heterocycles. The zero-order valence-electron chi connectivity index (χ0n) is 10.8. The maximum absolute atomic E-state index is 13.3. The molecule has 0 atom stereocenters. The van der Waals surface area contributed by atoms with Crippen LogP contribution in [0.2, 0.25) is 0 Å². The minimum atomic E-state index is -0.522. The van der Waals surface area contributed by atoms with Crippen molar-refractivity contribution in [3.63, 3.8) is 0 Å². The van der Waals surface area contributed by atoms with E-state index in [1.165, 1.54) is 6.21 Å². The van der Waals surface area contributed by atoms with Gasteiger partial charge in [0.2, 0.25) is 0 Å². The summed E-state index contributed by atoms with van der Waals surface area (Å²) in [7, 11) is 1.58. The van der Waals surface area contributed by atoms with E-state index in [9.17, 15) is 8.78 Å². The van der Waals surface area contributed by atoms with Crippen molar-refractivity contribution in [1.82, 2.24) is 0 Å². The minimum Gasteiger partial charge on any atom is -0.497 e. The van der Waals surface area contributed by atoms with Crippen LogP contribution in [0.5, 0.6) is 5.75 Å². The molecule has 0 unspecified atom stereocenters. The summed E-state index contributed by atoms with van der Waals surface area (Å²) >= 11 is 0. The van der Waals surface area contributed by atoms with Gasteiger partial charge in [-0.2, -0.15) is 0 Å². The first-order chi connectivity index (χ1) is 9.69. The van der Waals surface area contributed by atoms with Crippen LogP contribution in [0.15, 0.2) is 47.6 Å². The van der Waals surface area contributed by atoms with Crippen molar-refractivity contribution in [1.29, 1.82) is 0 Å². The fourth-order valence-electron chi connectivity index (χ4n) is 1.55. The van der Waals surface area contributed by atoms with Gasteiger partial charge in [-0.3, -0.25) is 0 Å². The Kier molecular flexibility index (Phi) is 4.65. The minimum absolute atomic E-state index is 0.122. The van der Waals surface area contributed by atoms with Crippen LogP contribution < -0.4 is 4.74 Å². The molecule has 0 N–H and O–H groups in total. The first-order valence-electron chi connectivity index (χ1n) is 5.92. The molecule has 0 heterocycles. The van der Waals surface area contributed by atoms with Gasteiger partial charge in [0.25, 0.3) is 0 Å². The lowest BCUT2D eigenvalue weighted by Crippen LogP contribution is -1.94. The highest BCUT2D eigenvalue weighted by Crippen LogP contribution is 2.12. The highest BCUT2D eigenvalue weighted by molar-refractivity contribution is 5.79. The molecule has 0 amide bonds. The molecular formula is C15H13F2NO2. The fraction of sp³-hybridized carbons (Fsp3) is 0.133. The number of hydrogen-bond donors (Lipinski definition) is 0. The van der Waals surface area contributed by atoms with Gasteiger partial charge in [-0.05, 0) is 48.0 Å². The monoisotopic (exact) mass is 277 g/mol. The molecule has 0 aromatic heterocycles. The molecule has 0 saturated carbocycles. The van der Waals surface area contributed by atoms with Crippen LogP contribution in [0.25, 0.3) is 0 Å². The SMILES string of the molecule is COc1ccc(C=NOCc2cc(F)ccc2F)cc1. The molecule has 0 aliphatic rings. The number of halogens is 2. The zero-order valence-corrected chi connectivity index (χ0v) is 10.8. The summed E-state index contributed by atoms with van der Waals surface area (Å²) in [4.78, 5) is 4.95. The van der Waals surface area contributed by atoms with Crippen LogP contribution in [0.1, 0.15) is 11.1 Å². The van der Waals surface area contributed by atoms with E-state index in [0.29, 0.717) is 0 Å². The van der Waals surface area contributed by atoms with Gasteiger partial charge >= 0.3 is 0 Å². The summed E-state index contributed by atoms with van der Waals surface area (Å²) in [5, 5.41) is 3.71. The van der Waals surface area contributed by atoms with Gasteiger partial charge in [-0.25, -0.2) is 8.78 Å². The molecule has 20 heavy (non-hydrogen) atoms. The number of benzene rings is 2. The summed E-state index contributed by atoms with van der Waals surface area (Å²) in [6.45, 7) is -0.129.